The van der Waals surface area contributed by atoms with E-state index in [4.69, 9.17) is 9.47 Å². The van der Waals surface area contributed by atoms with E-state index in [9.17, 15) is 0 Å². The van der Waals surface area contributed by atoms with Crippen molar-refractivity contribution in [1.82, 2.24) is 9.97 Å². The first-order valence-corrected chi connectivity index (χ1v) is 9.24. The molecule has 1 aromatic heterocycles. The van der Waals surface area contributed by atoms with Gasteiger partial charge in [-0.1, -0.05) is 0 Å². The van der Waals surface area contributed by atoms with Crippen LogP contribution in [0.3, 0.4) is 0 Å². The summed E-state index contributed by atoms with van der Waals surface area (Å²) in [6, 6.07) is 8.38. The van der Waals surface area contributed by atoms with Crippen molar-refractivity contribution in [3.8, 4) is 5.75 Å². The number of aryl methyl sites for hydroxylation is 1. The van der Waals surface area contributed by atoms with Gasteiger partial charge in [0.2, 0.25) is 5.95 Å². The van der Waals surface area contributed by atoms with Gasteiger partial charge in [0, 0.05) is 37.6 Å². The highest BCUT2D eigenvalue weighted by Gasteiger charge is 2.44. The maximum absolute atomic E-state index is 6.30. The minimum atomic E-state index is -0.101. The van der Waals surface area contributed by atoms with Crippen LogP contribution in [0, 0.1) is 6.92 Å². The number of aromatic nitrogens is 2. The van der Waals surface area contributed by atoms with Gasteiger partial charge >= 0.3 is 0 Å². The Balaban J connectivity index is 1.40. The average Bonchev–Trinajstić information content (AvgIpc) is 3.04. The van der Waals surface area contributed by atoms with Crippen LogP contribution in [0.5, 0.6) is 5.75 Å². The number of nitrogens with zero attached hydrogens (tertiary/aromatic N) is 3. The standard InChI is InChI=1S/C20H26N4O2/c1-15-11-21-19(22-12-15)24-9-3-8-20(14-24)10-17(13-26-20)23-16-4-6-18(25-2)7-5-16/h4-7,11-12,17,23H,3,8-10,13-14H2,1-2H3/t17-,20+/m1/s1. The number of rotatable bonds is 4. The zero-order valence-electron chi connectivity index (χ0n) is 15.4. The molecule has 2 saturated heterocycles. The van der Waals surface area contributed by atoms with Crippen LogP contribution < -0.4 is 15.0 Å². The Morgan fingerprint density at radius 3 is 2.73 bits per heavy atom. The third kappa shape index (κ3) is 3.60. The molecular weight excluding hydrogens is 328 g/mol. The highest BCUT2D eigenvalue weighted by Crippen LogP contribution is 2.36. The van der Waals surface area contributed by atoms with Gasteiger partial charge in [0.05, 0.1) is 25.4 Å². The molecule has 0 aliphatic carbocycles. The summed E-state index contributed by atoms with van der Waals surface area (Å²) >= 11 is 0. The lowest BCUT2D eigenvalue weighted by atomic mass is 9.89. The summed E-state index contributed by atoms with van der Waals surface area (Å²) in [5.74, 6) is 1.68. The zero-order chi connectivity index (χ0) is 18.0. The lowest BCUT2D eigenvalue weighted by molar-refractivity contribution is -0.00668. The Kier molecular flexibility index (Phi) is 4.68. The van der Waals surface area contributed by atoms with Crippen LogP contribution in [0.2, 0.25) is 0 Å². The highest BCUT2D eigenvalue weighted by molar-refractivity contribution is 5.47. The van der Waals surface area contributed by atoms with Crippen LogP contribution in [0.1, 0.15) is 24.8 Å². The summed E-state index contributed by atoms with van der Waals surface area (Å²) in [6.45, 7) is 4.59. The van der Waals surface area contributed by atoms with Crippen LogP contribution >= 0.6 is 0 Å². The maximum Gasteiger partial charge on any atom is 0.225 e. The van der Waals surface area contributed by atoms with Gasteiger partial charge in [0.25, 0.3) is 0 Å². The number of piperidine rings is 1. The van der Waals surface area contributed by atoms with Crippen LogP contribution in [0.25, 0.3) is 0 Å². The number of ether oxygens (including phenoxy) is 2. The SMILES string of the molecule is COc1ccc(N[C@H]2CO[C@@]3(CCCN(c4ncc(C)cn4)C3)C2)cc1. The molecule has 26 heavy (non-hydrogen) atoms. The van der Waals surface area contributed by atoms with Crippen molar-refractivity contribution in [3.63, 3.8) is 0 Å². The summed E-state index contributed by atoms with van der Waals surface area (Å²) in [5.41, 5.74) is 2.09. The van der Waals surface area contributed by atoms with Crippen molar-refractivity contribution in [3.05, 3.63) is 42.2 Å². The molecule has 4 rings (SSSR count). The van der Waals surface area contributed by atoms with Crippen LogP contribution in [-0.2, 0) is 4.74 Å². The van der Waals surface area contributed by atoms with Gasteiger partial charge in [-0.25, -0.2) is 9.97 Å². The molecule has 2 aliphatic rings. The molecule has 0 saturated carbocycles. The average molecular weight is 354 g/mol. The second-order valence-electron chi connectivity index (χ2n) is 7.35. The number of methoxy groups -OCH3 is 1. The fraction of sp³-hybridized carbons (Fsp3) is 0.500. The normalized spacial score (nSPS) is 25.5. The quantitative estimate of drug-likeness (QED) is 0.911. The van der Waals surface area contributed by atoms with E-state index >= 15 is 0 Å². The lowest BCUT2D eigenvalue weighted by Gasteiger charge is -2.39. The molecule has 0 radical (unpaired) electrons. The van der Waals surface area contributed by atoms with Crippen molar-refractivity contribution < 1.29 is 9.47 Å². The Morgan fingerprint density at radius 2 is 2.00 bits per heavy atom. The summed E-state index contributed by atoms with van der Waals surface area (Å²) in [4.78, 5) is 11.2. The van der Waals surface area contributed by atoms with Gasteiger partial charge in [0.15, 0.2) is 0 Å². The molecule has 2 fully saturated rings. The number of hydrogen-bond acceptors (Lipinski definition) is 6. The fourth-order valence-corrected chi connectivity index (χ4v) is 3.96. The number of anilines is 2. The predicted molar refractivity (Wildman–Crippen MR) is 102 cm³/mol. The van der Waals surface area contributed by atoms with Crippen molar-refractivity contribution in [2.24, 2.45) is 0 Å². The van der Waals surface area contributed by atoms with Gasteiger partial charge in [-0.3, -0.25) is 0 Å². The smallest absolute Gasteiger partial charge is 0.225 e. The molecule has 1 spiro atoms. The van der Waals surface area contributed by atoms with Gasteiger partial charge in [-0.05, 0) is 49.6 Å². The molecule has 1 N–H and O–H groups in total. The third-order valence-corrected chi connectivity index (χ3v) is 5.26. The maximum atomic E-state index is 6.30. The Bertz CT molecular complexity index is 734. The second-order valence-corrected chi connectivity index (χ2v) is 7.35. The van der Waals surface area contributed by atoms with E-state index in [0.717, 1.165) is 61.9 Å². The zero-order valence-corrected chi connectivity index (χ0v) is 15.4. The number of hydrogen-bond donors (Lipinski definition) is 1. The van der Waals surface area contributed by atoms with Crippen molar-refractivity contribution in [2.75, 3.05) is 37.0 Å². The van der Waals surface area contributed by atoms with E-state index in [-0.39, 0.29) is 5.60 Å². The van der Waals surface area contributed by atoms with Gasteiger partial charge in [0.1, 0.15) is 5.75 Å². The monoisotopic (exact) mass is 354 g/mol. The summed E-state index contributed by atoms with van der Waals surface area (Å²) in [6.07, 6.45) is 6.96. The van der Waals surface area contributed by atoms with E-state index < -0.39 is 0 Å². The van der Waals surface area contributed by atoms with Gasteiger partial charge < -0.3 is 19.7 Å². The molecule has 1 aromatic carbocycles. The molecule has 6 nitrogen and oxygen atoms in total. The Hall–Kier alpha value is -2.34. The summed E-state index contributed by atoms with van der Waals surface area (Å²) < 4.78 is 11.5. The first-order chi connectivity index (χ1) is 12.7. The largest absolute Gasteiger partial charge is 0.497 e. The first-order valence-electron chi connectivity index (χ1n) is 9.24. The highest BCUT2D eigenvalue weighted by atomic mass is 16.5. The molecule has 6 heteroatoms. The molecule has 2 aromatic rings. The van der Waals surface area contributed by atoms with Crippen LogP contribution in [0.15, 0.2) is 36.7 Å². The van der Waals surface area contributed by atoms with E-state index in [1.807, 2.05) is 31.5 Å². The molecule has 0 unspecified atom stereocenters. The summed E-state index contributed by atoms with van der Waals surface area (Å²) in [7, 11) is 1.68. The third-order valence-electron chi connectivity index (χ3n) is 5.26. The van der Waals surface area contributed by atoms with Crippen LogP contribution in [-0.4, -0.2) is 48.4 Å². The van der Waals surface area contributed by atoms with Gasteiger partial charge in [-0.2, -0.15) is 0 Å². The van der Waals surface area contributed by atoms with E-state index in [2.05, 4.69) is 32.3 Å². The molecular formula is C20H26N4O2. The Morgan fingerprint density at radius 1 is 1.23 bits per heavy atom. The summed E-state index contributed by atoms with van der Waals surface area (Å²) in [5, 5.41) is 3.60. The van der Waals surface area contributed by atoms with Crippen molar-refractivity contribution >= 4 is 11.6 Å². The Labute approximate surface area is 154 Å². The van der Waals surface area contributed by atoms with Crippen molar-refractivity contribution in [1.29, 1.82) is 0 Å². The fourth-order valence-electron chi connectivity index (χ4n) is 3.96. The number of benzene rings is 1. The lowest BCUT2D eigenvalue weighted by Crippen LogP contribution is -2.48. The molecule has 3 heterocycles. The molecule has 2 aliphatic heterocycles. The van der Waals surface area contributed by atoms with Crippen LogP contribution in [0.4, 0.5) is 11.6 Å². The molecule has 2 atom stereocenters. The predicted octanol–water partition coefficient (Wildman–Crippen LogP) is 3.03. The topological polar surface area (TPSA) is 59.5 Å². The number of nitrogens with one attached hydrogen (secondary N) is 1. The minimum absolute atomic E-state index is 0.101. The minimum Gasteiger partial charge on any atom is -0.497 e. The first kappa shape index (κ1) is 17.1. The van der Waals surface area contributed by atoms with E-state index in [0.29, 0.717) is 6.04 Å². The molecule has 0 bridgehead atoms. The molecule has 138 valence electrons. The van der Waals surface area contributed by atoms with E-state index in [1.54, 1.807) is 7.11 Å². The van der Waals surface area contributed by atoms with Gasteiger partial charge in [-0.15, -0.1) is 0 Å². The second kappa shape index (κ2) is 7.11. The van der Waals surface area contributed by atoms with Crippen molar-refractivity contribution in [2.45, 2.75) is 37.8 Å². The molecule has 0 amide bonds. The van der Waals surface area contributed by atoms with E-state index in [1.165, 1.54) is 0 Å².